The molecule has 0 aliphatic rings. The first-order chi connectivity index (χ1) is 11.6. The first-order valence-electron chi connectivity index (χ1n) is 8.09. The molecule has 0 fully saturated rings. The van der Waals surface area contributed by atoms with Crippen LogP contribution in [0.2, 0.25) is 0 Å². The number of hydrogen-bond acceptors (Lipinski definition) is 5. The van der Waals surface area contributed by atoms with Gasteiger partial charge < -0.3 is 4.90 Å². The number of hydrogen-bond donors (Lipinski definition) is 0. The zero-order valence-electron chi connectivity index (χ0n) is 14.3. The van der Waals surface area contributed by atoms with Gasteiger partial charge in [0.2, 0.25) is 5.95 Å². The van der Waals surface area contributed by atoms with Crippen LogP contribution in [0.1, 0.15) is 17.8 Å². The van der Waals surface area contributed by atoms with Crippen LogP contribution in [0.5, 0.6) is 0 Å². The van der Waals surface area contributed by atoms with Crippen molar-refractivity contribution in [3.63, 3.8) is 0 Å². The Kier molecular flexibility index (Phi) is 4.84. The molecule has 124 valence electrons. The van der Waals surface area contributed by atoms with E-state index in [1.807, 2.05) is 32.2 Å². The van der Waals surface area contributed by atoms with Crippen LogP contribution >= 0.6 is 0 Å². The molecule has 0 spiro atoms. The fraction of sp³-hybridized carbons (Fsp3) is 0.333. The van der Waals surface area contributed by atoms with Crippen molar-refractivity contribution in [2.24, 2.45) is 0 Å². The van der Waals surface area contributed by atoms with Crippen LogP contribution in [0, 0.1) is 13.8 Å². The second-order valence-corrected chi connectivity index (χ2v) is 5.90. The third-order valence-corrected chi connectivity index (χ3v) is 3.93. The zero-order chi connectivity index (χ0) is 16.9. The number of rotatable bonds is 6. The van der Waals surface area contributed by atoms with E-state index in [0.717, 1.165) is 42.4 Å². The Labute approximate surface area is 142 Å². The third kappa shape index (κ3) is 3.76. The van der Waals surface area contributed by atoms with Gasteiger partial charge in [-0.05, 0) is 44.5 Å². The number of anilines is 1. The van der Waals surface area contributed by atoms with Gasteiger partial charge in [0.25, 0.3) is 0 Å². The van der Waals surface area contributed by atoms with Gasteiger partial charge in [-0.2, -0.15) is 5.10 Å². The summed E-state index contributed by atoms with van der Waals surface area (Å²) in [6.07, 6.45) is 6.33. The highest BCUT2D eigenvalue weighted by Crippen LogP contribution is 2.17. The predicted octanol–water partition coefficient (Wildman–Crippen LogP) is 2.88. The highest BCUT2D eigenvalue weighted by Gasteiger charge is 2.07. The molecule has 3 aromatic heterocycles. The molecule has 6 nitrogen and oxygen atoms in total. The maximum Gasteiger partial charge on any atom is 0.225 e. The first kappa shape index (κ1) is 16.1. The monoisotopic (exact) mass is 322 g/mol. The van der Waals surface area contributed by atoms with E-state index in [2.05, 4.69) is 42.6 Å². The van der Waals surface area contributed by atoms with Crippen LogP contribution in [-0.2, 0) is 6.54 Å². The first-order valence-corrected chi connectivity index (χ1v) is 8.09. The smallest absolute Gasteiger partial charge is 0.225 e. The summed E-state index contributed by atoms with van der Waals surface area (Å²) >= 11 is 0. The van der Waals surface area contributed by atoms with Gasteiger partial charge in [-0.25, -0.2) is 9.97 Å². The molecule has 3 heterocycles. The van der Waals surface area contributed by atoms with E-state index in [1.54, 1.807) is 18.6 Å². The Morgan fingerprint density at radius 1 is 1.08 bits per heavy atom. The van der Waals surface area contributed by atoms with Gasteiger partial charge in [-0.15, -0.1) is 0 Å². The van der Waals surface area contributed by atoms with Gasteiger partial charge in [0, 0.05) is 50.0 Å². The third-order valence-electron chi connectivity index (χ3n) is 3.93. The Morgan fingerprint density at radius 3 is 2.58 bits per heavy atom. The van der Waals surface area contributed by atoms with Crippen molar-refractivity contribution in [1.29, 1.82) is 0 Å². The SMILES string of the molecule is Cc1cc(C)n(CCCN(C)c2nccc(-c3ccncc3)n2)n1. The molecule has 0 radical (unpaired) electrons. The van der Waals surface area contributed by atoms with E-state index in [4.69, 9.17) is 0 Å². The second kappa shape index (κ2) is 7.21. The van der Waals surface area contributed by atoms with Crippen LogP contribution in [-0.4, -0.2) is 38.3 Å². The predicted molar refractivity (Wildman–Crippen MR) is 94.9 cm³/mol. The molecular formula is C18H22N6. The van der Waals surface area contributed by atoms with Gasteiger partial charge in [0.15, 0.2) is 0 Å². The van der Waals surface area contributed by atoms with E-state index in [-0.39, 0.29) is 0 Å². The maximum absolute atomic E-state index is 4.65. The number of aromatic nitrogens is 5. The van der Waals surface area contributed by atoms with E-state index < -0.39 is 0 Å². The normalized spacial score (nSPS) is 10.8. The zero-order valence-corrected chi connectivity index (χ0v) is 14.3. The fourth-order valence-electron chi connectivity index (χ4n) is 2.67. The number of pyridine rings is 1. The lowest BCUT2D eigenvalue weighted by Crippen LogP contribution is -2.22. The van der Waals surface area contributed by atoms with Crippen LogP contribution < -0.4 is 4.90 Å². The molecule has 0 aliphatic heterocycles. The number of nitrogens with zero attached hydrogens (tertiary/aromatic N) is 6. The van der Waals surface area contributed by atoms with E-state index in [9.17, 15) is 0 Å². The Balaban J connectivity index is 1.63. The summed E-state index contributed by atoms with van der Waals surface area (Å²) in [4.78, 5) is 15.2. The number of aryl methyl sites for hydroxylation is 3. The molecule has 0 saturated carbocycles. The Hall–Kier alpha value is -2.76. The van der Waals surface area contributed by atoms with Gasteiger partial charge in [-0.1, -0.05) is 0 Å². The van der Waals surface area contributed by atoms with Gasteiger partial charge in [0.1, 0.15) is 0 Å². The summed E-state index contributed by atoms with van der Waals surface area (Å²) < 4.78 is 2.05. The van der Waals surface area contributed by atoms with Gasteiger partial charge in [0.05, 0.1) is 11.4 Å². The lowest BCUT2D eigenvalue weighted by Gasteiger charge is -2.17. The summed E-state index contributed by atoms with van der Waals surface area (Å²) in [6.45, 7) is 5.88. The van der Waals surface area contributed by atoms with Crippen molar-refractivity contribution < 1.29 is 0 Å². The van der Waals surface area contributed by atoms with E-state index in [1.165, 1.54) is 5.69 Å². The van der Waals surface area contributed by atoms with Gasteiger partial charge >= 0.3 is 0 Å². The fourth-order valence-corrected chi connectivity index (χ4v) is 2.67. The van der Waals surface area contributed by atoms with Crippen LogP contribution in [0.4, 0.5) is 5.95 Å². The highest BCUT2D eigenvalue weighted by molar-refractivity contribution is 5.59. The van der Waals surface area contributed by atoms with E-state index >= 15 is 0 Å². The lowest BCUT2D eigenvalue weighted by atomic mass is 10.2. The molecule has 0 amide bonds. The summed E-state index contributed by atoms with van der Waals surface area (Å²) in [6, 6.07) is 7.93. The molecule has 0 unspecified atom stereocenters. The summed E-state index contributed by atoms with van der Waals surface area (Å²) in [5, 5.41) is 4.49. The lowest BCUT2D eigenvalue weighted by molar-refractivity contribution is 0.560. The van der Waals surface area contributed by atoms with Crippen LogP contribution in [0.3, 0.4) is 0 Å². The topological polar surface area (TPSA) is 59.7 Å². The highest BCUT2D eigenvalue weighted by atomic mass is 15.3. The minimum Gasteiger partial charge on any atom is -0.344 e. The molecule has 3 aromatic rings. The Morgan fingerprint density at radius 2 is 1.88 bits per heavy atom. The molecule has 0 N–H and O–H groups in total. The van der Waals surface area contributed by atoms with Crippen molar-refractivity contribution in [2.45, 2.75) is 26.8 Å². The van der Waals surface area contributed by atoms with Gasteiger partial charge in [-0.3, -0.25) is 9.67 Å². The quantitative estimate of drug-likeness (QED) is 0.698. The summed E-state index contributed by atoms with van der Waals surface area (Å²) in [5.74, 6) is 0.734. The van der Waals surface area contributed by atoms with Crippen LogP contribution in [0.25, 0.3) is 11.3 Å². The molecule has 0 aliphatic carbocycles. The molecule has 0 bridgehead atoms. The molecule has 0 aromatic carbocycles. The van der Waals surface area contributed by atoms with E-state index in [0.29, 0.717) is 0 Å². The Bertz CT molecular complexity index is 796. The average Bonchev–Trinajstić information content (AvgIpc) is 2.93. The largest absolute Gasteiger partial charge is 0.344 e. The molecule has 3 rings (SSSR count). The van der Waals surface area contributed by atoms with Crippen molar-refractivity contribution in [3.8, 4) is 11.3 Å². The minimum atomic E-state index is 0.734. The van der Waals surface area contributed by atoms with Crippen molar-refractivity contribution in [2.75, 3.05) is 18.5 Å². The van der Waals surface area contributed by atoms with Crippen molar-refractivity contribution in [1.82, 2.24) is 24.7 Å². The average molecular weight is 322 g/mol. The summed E-state index contributed by atoms with van der Waals surface area (Å²) in [7, 11) is 2.02. The van der Waals surface area contributed by atoms with Crippen molar-refractivity contribution >= 4 is 5.95 Å². The summed E-state index contributed by atoms with van der Waals surface area (Å²) in [5.41, 5.74) is 4.22. The molecule has 6 heteroatoms. The standard InChI is InChI=1S/C18H22N6/c1-14-13-15(2)24(22-14)12-4-11-23(3)18-20-10-7-17(21-18)16-5-8-19-9-6-16/h5-10,13H,4,11-12H2,1-3H3. The van der Waals surface area contributed by atoms with Crippen LogP contribution in [0.15, 0.2) is 42.9 Å². The minimum absolute atomic E-state index is 0.734. The molecule has 0 atom stereocenters. The molecule has 0 saturated heterocycles. The van der Waals surface area contributed by atoms with Crippen molar-refractivity contribution in [3.05, 3.63) is 54.2 Å². The molecular weight excluding hydrogens is 300 g/mol. The second-order valence-electron chi connectivity index (χ2n) is 5.90. The molecule has 24 heavy (non-hydrogen) atoms. The maximum atomic E-state index is 4.65.